The van der Waals surface area contributed by atoms with Gasteiger partial charge in [0.05, 0.1) is 24.6 Å². The van der Waals surface area contributed by atoms with Gasteiger partial charge in [0, 0.05) is 30.6 Å². The first-order chi connectivity index (χ1) is 13.2. The van der Waals surface area contributed by atoms with Crippen LogP contribution in [0, 0.1) is 6.92 Å². The average Bonchev–Trinajstić information content (AvgIpc) is 3.36. The van der Waals surface area contributed by atoms with Crippen molar-refractivity contribution in [1.82, 2.24) is 15.2 Å². The van der Waals surface area contributed by atoms with Crippen LogP contribution in [-0.4, -0.2) is 41.3 Å². The number of hydrogen-bond donors (Lipinski definition) is 0. The highest BCUT2D eigenvalue weighted by molar-refractivity contribution is 5.94. The molecule has 1 saturated heterocycles. The van der Waals surface area contributed by atoms with Crippen molar-refractivity contribution in [2.75, 3.05) is 20.2 Å². The molecule has 1 unspecified atom stereocenters. The molecule has 3 aromatic rings. The van der Waals surface area contributed by atoms with E-state index in [2.05, 4.69) is 10.3 Å². The van der Waals surface area contributed by atoms with E-state index in [4.69, 9.17) is 13.8 Å². The smallest absolute Gasteiger partial charge is 0.253 e. The number of aromatic nitrogens is 2. The summed E-state index contributed by atoms with van der Waals surface area (Å²) in [6.07, 6.45) is 3.49. The van der Waals surface area contributed by atoms with Crippen molar-refractivity contribution in [3.63, 3.8) is 0 Å². The maximum Gasteiger partial charge on any atom is 0.253 e. The summed E-state index contributed by atoms with van der Waals surface area (Å²) in [5, 5.41) is 7.89. The number of methoxy groups -OCH3 is 1. The van der Waals surface area contributed by atoms with Gasteiger partial charge in [0.15, 0.2) is 11.5 Å². The maximum absolute atomic E-state index is 12.9. The molecule has 0 bridgehead atoms. The van der Waals surface area contributed by atoms with Gasteiger partial charge >= 0.3 is 0 Å². The van der Waals surface area contributed by atoms with Gasteiger partial charge in [-0.25, -0.2) is 0 Å². The number of hydrogen-bond acceptors (Lipinski definition) is 6. The van der Waals surface area contributed by atoms with Crippen molar-refractivity contribution in [1.29, 1.82) is 0 Å². The van der Waals surface area contributed by atoms with Gasteiger partial charge in [-0.1, -0.05) is 10.3 Å². The lowest BCUT2D eigenvalue weighted by Crippen LogP contribution is -2.39. The number of aryl methyl sites for hydroxylation is 1. The molecule has 7 nitrogen and oxygen atoms in total. The first-order valence-corrected chi connectivity index (χ1v) is 8.97. The standard InChI is InChI=1S/C20H21N3O4/c1-13-10-18(26-22-13)17-11-21-27-19(17)15-4-3-9-23(12-15)20(24)14-5-7-16(25-2)8-6-14/h5-8,10-11,15H,3-4,9,12H2,1-2H3. The Kier molecular flexibility index (Phi) is 4.66. The van der Waals surface area contributed by atoms with Gasteiger partial charge < -0.3 is 18.7 Å². The lowest BCUT2D eigenvalue weighted by Gasteiger charge is -2.32. The molecule has 3 heterocycles. The molecule has 0 aliphatic carbocycles. The van der Waals surface area contributed by atoms with Crippen LogP contribution in [0.25, 0.3) is 11.3 Å². The molecule has 140 valence electrons. The van der Waals surface area contributed by atoms with Crippen LogP contribution in [0.4, 0.5) is 0 Å². The summed E-state index contributed by atoms with van der Waals surface area (Å²) in [4.78, 5) is 14.8. The quantitative estimate of drug-likeness (QED) is 0.700. The minimum atomic E-state index is 0.0129. The number of ether oxygens (including phenoxy) is 1. The van der Waals surface area contributed by atoms with Gasteiger partial charge in [0.2, 0.25) is 0 Å². The predicted octanol–water partition coefficient (Wildman–Crippen LogP) is 3.67. The monoisotopic (exact) mass is 367 g/mol. The number of carbonyl (C=O) groups excluding carboxylic acids is 1. The van der Waals surface area contributed by atoms with Crippen LogP contribution in [0.5, 0.6) is 5.75 Å². The van der Waals surface area contributed by atoms with Gasteiger partial charge in [-0.2, -0.15) is 0 Å². The fourth-order valence-electron chi connectivity index (χ4n) is 3.51. The summed E-state index contributed by atoms with van der Waals surface area (Å²) in [7, 11) is 1.61. The number of benzene rings is 1. The van der Waals surface area contributed by atoms with Crippen LogP contribution < -0.4 is 4.74 Å². The van der Waals surface area contributed by atoms with Crippen molar-refractivity contribution in [3.8, 4) is 17.1 Å². The third-order valence-corrected chi connectivity index (χ3v) is 4.91. The minimum Gasteiger partial charge on any atom is -0.497 e. The molecule has 1 aliphatic rings. The third-order valence-electron chi connectivity index (χ3n) is 4.91. The van der Waals surface area contributed by atoms with Crippen LogP contribution in [0.1, 0.15) is 40.6 Å². The molecule has 1 aromatic carbocycles. The normalized spacial score (nSPS) is 17.1. The van der Waals surface area contributed by atoms with E-state index in [1.54, 1.807) is 37.6 Å². The first kappa shape index (κ1) is 17.3. The number of rotatable bonds is 4. The molecule has 0 N–H and O–H groups in total. The van der Waals surface area contributed by atoms with Gasteiger partial charge in [0.1, 0.15) is 5.75 Å². The van der Waals surface area contributed by atoms with E-state index in [1.807, 2.05) is 17.9 Å². The Morgan fingerprint density at radius 1 is 1.26 bits per heavy atom. The van der Waals surface area contributed by atoms with Crippen molar-refractivity contribution in [3.05, 3.63) is 53.5 Å². The molecule has 1 aliphatic heterocycles. The molecule has 1 fully saturated rings. The zero-order chi connectivity index (χ0) is 18.8. The zero-order valence-electron chi connectivity index (χ0n) is 15.3. The Bertz CT molecular complexity index is 929. The second kappa shape index (κ2) is 7.26. The minimum absolute atomic E-state index is 0.0129. The van der Waals surface area contributed by atoms with Crippen LogP contribution in [0.15, 0.2) is 45.6 Å². The molecule has 0 radical (unpaired) electrons. The van der Waals surface area contributed by atoms with E-state index in [1.165, 1.54) is 0 Å². The summed E-state index contributed by atoms with van der Waals surface area (Å²) in [6.45, 7) is 3.18. The summed E-state index contributed by atoms with van der Waals surface area (Å²) < 4.78 is 16.1. The van der Waals surface area contributed by atoms with E-state index < -0.39 is 0 Å². The second-order valence-electron chi connectivity index (χ2n) is 6.76. The molecule has 0 saturated carbocycles. The molecular formula is C20H21N3O4. The molecule has 0 spiro atoms. The second-order valence-corrected chi connectivity index (χ2v) is 6.76. The Labute approximate surface area is 156 Å². The summed E-state index contributed by atoms with van der Waals surface area (Å²) in [5.74, 6) is 2.21. The largest absolute Gasteiger partial charge is 0.497 e. The highest BCUT2D eigenvalue weighted by atomic mass is 16.5. The SMILES string of the molecule is COc1ccc(C(=O)N2CCCC(c3oncc3-c3cc(C)no3)C2)cc1. The van der Waals surface area contributed by atoms with Gasteiger partial charge in [0.25, 0.3) is 5.91 Å². The van der Waals surface area contributed by atoms with Crippen molar-refractivity contribution >= 4 is 5.91 Å². The Morgan fingerprint density at radius 3 is 2.78 bits per heavy atom. The van der Waals surface area contributed by atoms with Gasteiger partial charge in [-0.3, -0.25) is 4.79 Å². The van der Waals surface area contributed by atoms with E-state index in [9.17, 15) is 4.79 Å². The van der Waals surface area contributed by atoms with Gasteiger partial charge in [-0.15, -0.1) is 0 Å². The summed E-state index contributed by atoms with van der Waals surface area (Å²) >= 11 is 0. The lowest BCUT2D eigenvalue weighted by atomic mass is 9.92. The maximum atomic E-state index is 12.9. The average molecular weight is 367 g/mol. The third kappa shape index (κ3) is 3.45. The van der Waals surface area contributed by atoms with Gasteiger partial charge in [-0.05, 0) is 44.0 Å². The van der Waals surface area contributed by atoms with E-state index >= 15 is 0 Å². The predicted molar refractivity (Wildman–Crippen MR) is 97.6 cm³/mol. The van der Waals surface area contributed by atoms with Crippen LogP contribution in [-0.2, 0) is 0 Å². The van der Waals surface area contributed by atoms with Crippen molar-refractivity contribution in [2.24, 2.45) is 0 Å². The van der Waals surface area contributed by atoms with Crippen molar-refractivity contribution < 1.29 is 18.6 Å². The topological polar surface area (TPSA) is 81.6 Å². The fourth-order valence-corrected chi connectivity index (χ4v) is 3.51. The Morgan fingerprint density at radius 2 is 2.07 bits per heavy atom. The number of piperidine rings is 1. The van der Waals surface area contributed by atoms with Crippen LogP contribution >= 0.6 is 0 Å². The number of nitrogens with zero attached hydrogens (tertiary/aromatic N) is 3. The Balaban J connectivity index is 1.53. The highest BCUT2D eigenvalue weighted by Gasteiger charge is 2.30. The molecule has 7 heteroatoms. The van der Waals surface area contributed by atoms with Crippen molar-refractivity contribution in [2.45, 2.75) is 25.7 Å². The Hall–Kier alpha value is -3.09. The summed E-state index contributed by atoms with van der Waals surface area (Å²) in [6, 6.07) is 9.05. The lowest BCUT2D eigenvalue weighted by molar-refractivity contribution is 0.0698. The molecule has 27 heavy (non-hydrogen) atoms. The molecule has 1 atom stereocenters. The molecule has 2 aromatic heterocycles. The van der Waals surface area contributed by atoms with Crippen LogP contribution in [0.3, 0.4) is 0 Å². The number of carbonyl (C=O) groups is 1. The van der Waals surface area contributed by atoms with E-state index in [0.717, 1.165) is 42.2 Å². The van der Waals surface area contributed by atoms with E-state index in [0.29, 0.717) is 17.9 Å². The number of amides is 1. The molecular weight excluding hydrogens is 346 g/mol. The fraction of sp³-hybridized carbons (Fsp3) is 0.350. The molecule has 4 rings (SSSR count). The summed E-state index contributed by atoms with van der Waals surface area (Å²) in [5.41, 5.74) is 2.26. The molecule has 1 amide bonds. The highest BCUT2D eigenvalue weighted by Crippen LogP contribution is 2.35. The van der Waals surface area contributed by atoms with E-state index in [-0.39, 0.29) is 11.8 Å². The number of likely N-dealkylation sites (tertiary alicyclic amines) is 1. The first-order valence-electron chi connectivity index (χ1n) is 8.97. The van der Waals surface area contributed by atoms with Crippen LogP contribution in [0.2, 0.25) is 0 Å². The zero-order valence-corrected chi connectivity index (χ0v) is 15.3.